The monoisotopic (exact) mass is 454 g/mol. The average Bonchev–Trinajstić information content (AvgIpc) is 3.15. The zero-order valence-corrected chi connectivity index (χ0v) is 20.1. The number of nitriles is 1. The Morgan fingerprint density at radius 1 is 1.24 bits per heavy atom. The van der Waals surface area contributed by atoms with Crippen LogP contribution in [0.25, 0.3) is 0 Å². The van der Waals surface area contributed by atoms with Gasteiger partial charge in [0.25, 0.3) is 5.91 Å². The molecule has 2 aliphatic rings. The molecule has 0 radical (unpaired) electrons. The van der Waals surface area contributed by atoms with Crippen molar-refractivity contribution in [3.05, 3.63) is 41.2 Å². The minimum absolute atomic E-state index is 0.198. The molecule has 0 saturated carbocycles. The van der Waals surface area contributed by atoms with Crippen LogP contribution in [0.15, 0.2) is 30.0 Å². The second-order valence-electron chi connectivity index (χ2n) is 8.72. The lowest BCUT2D eigenvalue weighted by molar-refractivity contribution is -0.178. The molecule has 0 spiro atoms. The number of rotatable bonds is 10. The van der Waals surface area contributed by atoms with Crippen LogP contribution in [-0.2, 0) is 19.1 Å². The lowest BCUT2D eigenvalue weighted by Gasteiger charge is -2.50. The summed E-state index contributed by atoms with van der Waals surface area (Å²) in [7, 11) is 0. The summed E-state index contributed by atoms with van der Waals surface area (Å²) in [5.41, 5.74) is 0.379. The lowest BCUT2D eigenvalue weighted by Crippen LogP contribution is -2.59. The molecule has 0 aromatic heterocycles. The summed E-state index contributed by atoms with van der Waals surface area (Å²) in [6.45, 7) is 8.23. The van der Waals surface area contributed by atoms with Crippen LogP contribution in [0.3, 0.4) is 0 Å². The smallest absolute Gasteiger partial charge is 0.303 e. The van der Waals surface area contributed by atoms with E-state index >= 15 is 0 Å². The molecular formula is C26H34N2O5. The van der Waals surface area contributed by atoms with Gasteiger partial charge in [0, 0.05) is 18.6 Å². The molecule has 0 bridgehead atoms. The van der Waals surface area contributed by atoms with E-state index < -0.39 is 23.7 Å². The number of esters is 1. The van der Waals surface area contributed by atoms with Gasteiger partial charge in [-0.25, -0.2) is 0 Å². The first-order chi connectivity index (χ1) is 15.9. The van der Waals surface area contributed by atoms with Crippen molar-refractivity contribution in [3.63, 3.8) is 0 Å². The molecule has 2 atom stereocenters. The molecule has 7 nitrogen and oxygen atoms in total. The minimum Gasteiger partial charge on any atom is -0.496 e. The Morgan fingerprint density at radius 3 is 2.52 bits per heavy atom. The van der Waals surface area contributed by atoms with E-state index in [1.165, 1.54) is 13.0 Å². The molecule has 1 amide bonds. The predicted octanol–water partition coefficient (Wildman–Crippen LogP) is 4.81. The highest BCUT2D eigenvalue weighted by atomic mass is 16.6. The van der Waals surface area contributed by atoms with Crippen LogP contribution < -0.4 is 4.74 Å². The SMILES string of the molecule is CCCCC1(CCCC)Oc2ccc(C#N)cc2[C@H](N2CC(OCC)=CC2=O)[C@H]1OC(C)=O. The number of carbonyl (C=O) groups is 2. The van der Waals surface area contributed by atoms with Gasteiger partial charge in [-0.3, -0.25) is 9.59 Å². The maximum Gasteiger partial charge on any atom is 0.303 e. The van der Waals surface area contributed by atoms with Crippen molar-refractivity contribution in [1.82, 2.24) is 4.90 Å². The van der Waals surface area contributed by atoms with Gasteiger partial charge in [-0.2, -0.15) is 5.26 Å². The van der Waals surface area contributed by atoms with E-state index in [0.29, 0.717) is 42.1 Å². The molecule has 0 aliphatic carbocycles. The average molecular weight is 455 g/mol. The first-order valence-corrected chi connectivity index (χ1v) is 11.9. The predicted molar refractivity (Wildman–Crippen MR) is 123 cm³/mol. The van der Waals surface area contributed by atoms with E-state index in [1.807, 2.05) is 6.92 Å². The highest BCUT2D eigenvalue weighted by molar-refractivity contribution is 5.91. The number of carbonyl (C=O) groups excluding carboxylic acids is 2. The van der Waals surface area contributed by atoms with Crippen LogP contribution in [0.1, 0.15) is 83.4 Å². The van der Waals surface area contributed by atoms with Crippen LogP contribution in [0, 0.1) is 11.3 Å². The van der Waals surface area contributed by atoms with E-state index in [1.54, 1.807) is 23.1 Å². The van der Waals surface area contributed by atoms with Gasteiger partial charge in [-0.15, -0.1) is 0 Å². The third-order valence-corrected chi connectivity index (χ3v) is 6.34. The Balaban J connectivity index is 2.17. The number of ether oxygens (including phenoxy) is 3. The number of amides is 1. The molecule has 1 aromatic rings. The van der Waals surface area contributed by atoms with E-state index in [0.717, 1.165) is 25.7 Å². The molecule has 0 fully saturated rings. The van der Waals surface area contributed by atoms with E-state index in [-0.39, 0.29) is 12.5 Å². The molecule has 0 saturated heterocycles. The largest absolute Gasteiger partial charge is 0.496 e. The van der Waals surface area contributed by atoms with Gasteiger partial charge >= 0.3 is 5.97 Å². The molecule has 7 heteroatoms. The van der Waals surface area contributed by atoms with Crippen molar-refractivity contribution in [3.8, 4) is 11.8 Å². The van der Waals surface area contributed by atoms with E-state index in [9.17, 15) is 14.9 Å². The normalized spacial score (nSPS) is 21.0. The Kier molecular flexibility index (Phi) is 8.01. The zero-order chi connectivity index (χ0) is 24.0. The van der Waals surface area contributed by atoms with Crippen molar-refractivity contribution >= 4 is 11.9 Å². The summed E-state index contributed by atoms with van der Waals surface area (Å²) < 4.78 is 18.3. The van der Waals surface area contributed by atoms with Crippen LogP contribution in [0.2, 0.25) is 0 Å². The van der Waals surface area contributed by atoms with Gasteiger partial charge in [0.15, 0.2) is 6.10 Å². The number of nitrogens with zero attached hydrogens (tertiary/aromatic N) is 2. The van der Waals surface area contributed by atoms with Crippen molar-refractivity contribution in [1.29, 1.82) is 5.26 Å². The van der Waals surface area contributed by atoms with Gasteiger partial charge < -0.3 is 19.1 Å². The highest BCUT2D eigenvalue weighted by Gasteiger charge is 2.54. The molecule has 178 valence electrons. The van der Waals surface area contributed by atoms with E-state index in [2.05, 4.69) is 19.9 Å². The fourth-order valence-electron chi connectivity index (χ4n) is 4.84. The number of hydrogen-bond acceptors (Lipinski definition) is 6. The maximum absolute atomic E-state index is 13.1. The molecule has 2 heterocycles. The topological polar surface area (TPSA) is 88.9 Å². The molecule has 2 aliphatic heterocycles. The summed E-state index contributed by atoms with van der Waals surface area (Å²) in [6, 6.07) is 6.85. The Morgan fingerprint density at radius 2 is 1.94 bits per heavy atom. The van der Waals surface area contributed by atoms with Crippen LogP contribution in [0.5, 0.6) is 5.75 Å². The van der Waals surface area contributed by atoms with Crippen LogP contribution in [0.4, 0.5) is 0 Å². The zero-order valence-electron chi connectivity index (χ0n) is 20.1. The summed E-state index contributed by atoms with van der Waals surface area (Å²) in [5.74, 6) is 0.597. The van der Waals surface area contributed by atoms with Crippen molar-refractivity contribution < 1.29 is 23.8 Å². The summed E-state index contributed by atoms with van der Waals surface area (Å²) >= 11 is 0. The fourth-order valence-corrected chi connectivity index (χ4v) is 4.84. The summed E-state index contributed by atoms with van der Waals surface area (Å²) in [6.07, 6.45) is 5.93. The molecule has 1 aromatic carbocycles. The Hall–Kier alpha value is -3.01. The first kappa shape index (κ1) is 24.6. The molecule has 3 rings (SSSR count). The molecular weight excluding hydrogens is 420 g/mol. The quantitative estimate of drug-likeness (QED) is 0.472. The van der Waals surface area contributed by atoms with Crippen LogP contribution >= 0.6 is 0 Å². The van der Waals surface area contributed by atoms with E-state index in [4.69, 9.17) is 14.2 Å². The lowest BCUT2D eigenvalue weighted by atomic mass is 9.76. The third kappa shape index (κ3) is 5.16. The third-order valence-electron chi connectivity index (χ3n) is 6.34. The maximum atomic E-state index is 13.1. The summed E-state index contributed by atoms with van der Waals surface area (Å²) in [5, 5.41) is 9.51. The molecule has 0 N–H and O–H groups in total. The van der Waals surface area contributed by atoms with Gasteiger partial charge in [0.1, 0.15) is 23.2 Å². The standard InChI is InChI=1S/C26H34N2O5/c1-5-8-12-26(13-9-6-2)25(32-18(4)29)24(28-17-20(31-7-3)15-23(28)30)21-14-19(16-27)10-11-22(21)33-26/h10-11,14-15,24-25H,5-9,12-13,17H2,1-4H3/t24-,25+/m0/s1. The molecule has 0 unspecified atom stereocenters. The van der Waals surface area contributed by atoms with Gasteiger partial charge in [0.05, 0.1) is 24.8 Å². The van der Waals surface area contributed by atoms with Gasteiger partial charge in [-0.05, 0) is 50.8 Å². The summed E-state index contributed by atoms with van der Waals surface area (Å²) in [4.78, 5) is 27.1. The molecule has 33 heavy (non-hydrogen) atoms. The number of fused-ring (bicyclic) bond motifs is 1. The fraction of sp³-hybridized carbons (Fsp3) is 0.577. The number of hydrogen-bond donors (Lipinski definition) is 0. The second-order valence-corrected chi connectivity index (χ2v) is 8.72. The van der Waals surface area contributed by atoms with Crippen molar-refractivity contribution in [2.75, 3.05) is 13.2 Å². The number of unbranched alkanes of at least 4 members (excludes halogenated alkanes) is 2. The van der Waals surface area contributed by atoms with Crippen molar-refractivity contribution in [2.45, 2.75) is 84.0 Å². The second kappa shape index (κ2) is 10.7. The Labute approximate surface area is 196 Å². The number of benzene rings is 1. The first-order valence-electron chi connectivity index (χ1n) is 11.9. The van der Waals surface area contributed by atoms with Crippen molar-refractivity contribution in [2.24, 2.45) is 0 Å². The van der Waals surface area contributed by atoms with Gasteiger partial charge in [0.2, 0.25) is 0 Å². The minimum atomic E-state index is -0.766. The van der Waals surface area contributed by atoms with Crippen LogP contribution in [-0.4, -0.2) is 41.6 Å². The highest BCUT2D eigenvalue weighted by Crippen LogP contribution is 2.49. The Bertz CT molecular complexity index is 940. The van der Waals surface area contributed by atoms with Gasteiger partial charge in [-0.1, -0.05) is 26.7 Å².